The van der Waals surface area contributed by atoms with Gasteiger partial charge < -0.3 is 13.8 Å². The molecule has 0 spiro atoms. The van der Waals surface area contributed by atoms with E-state index in [0.29, 0.717) is 11.3 Å². The van der Waals surface area contributed by atoms with E-state index in [1.54, 1.807) is 24.5 Å². The highest BCUT2D eigenvalue weighted by atomic mass is 16.5. The molecule has 0 atom stereocenters. The van der Waals surface area contributed by atoms with Gasteiger partial charge in [0, 0.05) is 17.4 Å². The van der Waals surface area contributed by atoms with Gasteiger partial charge in [-0.15, -0.1) is 0 Å². The Labute approximate surface area is 156 Å². The second kappa shape index (κ2) is 6.92. The van der Waals surface area contributed by atoms with Gasteiger partial charge >= 0.3 is 5.97 Å². The maximum Gasteiger partial charge on any atom is 0.337 e. The van der Waals surface area contributed by atoms with E-state index in [0.717, 1.165) is 28.2 Å². The molecule has 0 N–H and O–H groups in total. The van der Waals surface area contributed by atoms with Gasteiger partial charge in [0.25, 0.3) is 0 Å². The van der Waals surface area contributed by atoms with Crippen LogP contribution in [0.25, 0.3) is 28.2 Å². The number of nitrogens with zero attached hydrogens (tertiary/aromatic N) is 3. The first-order valence-corrected chi connectivity index (χ1v) is 8.42. The minimum Gasteiger partial charge on any atom is -0.465 e. The Kier molecular flexibility index (Phi) is 4.30. The molecule has 0 aliphatic carbocycles. The van der Waals surface area contributed by atoms with E-state index < -0.39 is 0 Å². The Morgan fingerprint density at radius 1 is 1.11 bits per heavy atom. The van der Waals surface area contributed by atoms with Crippen molar-refractivity contribution in [2.45, 2.75) is 6.92 Å². The highest BCUT2D eigenvalue weighted by Crippen LogP contribution is 2.33. The number of ether oxygens (including phenoxy) is 1. The van der Waals surface area contributed by atoms with Crippen molar-refractivity contribution in [2.24, 2.45) is 0 Å². The molecule has 0 aliphatic rings. The molecule has 134 valence electrons. The fourth-order valence-corrected chi connectivity index (χ4v) is 2.97. The lowest BCUT2D eigenvalue weighted by atomic mass is 10.0. The summed E-state index contributed by atoms with van der Waals surface area (Å²) in [5.74, 6) is 0.320. The minimum absolute atomic E-state index is 0.376. The van der Waals surface area contributed by atoms with E-state index in [4.69, 9.17) is 9.26 Å². The predicted octanol–water partition coefficient (Wildman–Crippen LogP) is 4.29. The molecule has 0 radical (unpaired) electrons. The summed E-state index contributed by atoms with van der Waals surface area (Å²) < 4.78 is 12.1. The van der Waals surface area contributed by atoms with Crippen LogP contribution in [0.5, 0.6) is 0 Å². The first-order valence-electron chi connectivity index (χ1n) is 8.42. The molecule has 2 aromatic carbocycles. The number of rotatable bonds is 4. The average molecular weight is 359 g/mol. The first kappa shape index (κ1) is 16.8. The van der Waals surface area contributed by atoms with E-state index in [9.17, 15) is 4.79 Å². The number of carbonyl (C=O) groups is 1. The summed E-state index contributed by atoms with van der Waals surface area (Å²) in [5.41, 5.74) is 4.61. The van der Waals surface area contributed by atoms with Crippen LogP contribution in [0.4, 0.5) is 0 Å². The van der Waals surface area contributed by atoms with Crippen molar-refractivity contribution in [3.8, 4) is 28.2 Å². The fraction of sp³-hybridized carbons (Fsp3) is 0.0952. The second-order valence-corrected chi connectivity index (χ2v) is 6.04. The molecule has 27 heavy (non-hydrogen) atoms. The Hall–Kier alpha value is -3.67. The number of benzene rings is 2. The van der Waals surface area contributed by atoms with Crippen LogP contribution in [0.15, 0.2) is 71.6 Å². The van der Waals surface area contributed by atoms with Gasteiger partial charge in [-0.25, -0.2) is 9.78 Å². The largest absolute Gasteiger partial charge is 0.465 e. The molecule has 0 amide bonds. The van der Waals surface area contributed by atoms with Crippen molar-refractivity contribution in [3.05, 3.63) is 78.4 Å². The van der Waals surface area contributed by atoms with Crippen LogP contribution in [0.3, 0.4) is 0 Å². The van der Waals surface area contributed by atoms with Crippen molar-refractivity contribution in [2.75, 3.05) is 7.11 Å². The molecular formula is C21H17N3O3. The minimum atomic E-state index is -0.376. The van der Waals surface area contributed by atoms with E-state index in [-0.39, 0.29) is 5.97 Å². The van der Waals surface area contributed by atoms with Crippen molar-refractivity contribution >= 4 is 5.97 Å². The summed E-state index contributed by atoms with van der Waals surface area (Å²) in [7, 11) is 1.37. The number of carbonyl (C=O) groups excluding carboxylic acids is 1. The molecule has 0 fully saturated rings. The highest BCUT2D eigenvalue weighted by Gasteiger charge is 2.19. The summed E-state index contributed by atoms with van der Waals surface area (Å²) in [6.45, 7) is 1.87. The van der Waals surface area contributed by atoms with Crippen LogP contribution in [0.1, 0.15) is 16.1 Å². The summed E-state index contributed by atoms with van der Waals surface area (Å²) in [6.07, 6.45) is 3.59. The van der Waals surface area contributed by atoms with Crippen LogP contribution in [0.2, 0.25) is 0 Å². The van der Waals surface area contributed by atoms with E-state index in [1.807, 2.05) is 54.1 Å². The molecule has 0 saturated carbocycles. The van der Waals surface area contributed by atoms with Crippen molar-refractivity contribution in [1.82, 2.24) is 14.7 Å². The van der Waals surface area contributed by atoms with E-state index in [1.165, 1.54) is 7.11 Å². The predicted molar refractivity (Wildman–Crippen MR) is 101 cm³/mol. The van der Waals surface area contributed by atoms with Crippen LogP contribution >= 0.6 is 0 Å². The monoisotopic (exact) mass is 359 g/mol. The summed E-state index contributed by atoms with van der Waals surface area (Å²) in [4.78, 5) is 16.3. The molecule has 0 unspecified atom stereocenters. The fourth-order valence-electron chi connectivity index (χ4n) is 2.97. The lowest BCUT2D eigenvalue weighted by Crippen LogP contribution is -2.02. The topological polar surface area (TPSA) is 70.2 Å². The Morgan fingerprint density at radius 2 is 1.93 bits per heavy atom. The molecule has 6 heteroatoms. The zero-order valence-corrected chi connectivity index (χ0v) is 14.9. The van der Waals surface area contributed by atoms with Crippen LogP contribution in [-0.2, 0) is 4.74 Å². The third kappa shape index (κ3) is 3.13. The Balaban J connectivity index is 1.75. The molecule has 2 aromatic heterocycles. The maximum absolute atomic E-state index is 11.8. The normalized spacial score (nSPS) is 10.7. The van der Waals surface area contributed by atoms with Gasteiger partial charge in [0.15, 0.2) is 0 Å². The number of esters is 1. The van der Waals surface area contributed by atoms with Gasteiger partial charge in [-0.05, 0) is 25.1 Å². The van der Waals surface area contributed by atoms with E-state index in [2.05, 4.69) is 10.1 Å². The maximum atomic E-state index is 11.8. The van der Waals surface area contributed by atoms with Gasteiger partial charge in [0.1, 0.15) is 11.5 Å². The summed E-state index contributed by atoms with van der Waals surface area (Å²) in [6, 6.07) is 17.0. The van der Waals surface area contributed by atoms with Gasteiger partial charge in [-0.1, -0.05) is 41.6 Å². The molecule has 2 heterocycles. The number of aromatic nitrogens is 3. The molecular weight excluding hydrogens is 342 g/mol. The van der Waals surface area contributed by atoms with Gasteiger partial charge in [0.2, 0.25) is 0 Å². The standard InChI is InChI=1S/C21H17N3O3/c1-14-19(20(23-27-14)15-7-4-3-5-8-15)18-12-24(13-22-18)17-10-6-9-16(11-17)21(25)26-2/h3-13H,1-2H3. The third-order valence-electron chi connectivity index (χ3n) is 4.31. The smallest absolute Gasteiger partial charge is 0.337 e. The van der Waals surface area contributed by atoms with Gasteiger partial charge in [-0.3, -0.25) is 0 Å². The second-order valence-electron chi connectivity index (χ2n) is 6.04. The number of hydrogen-bond donors (Lipinski definition) is 0. The highest BCUT2D eigenvalue weighted by molar-refractivity contribution is 5.90. The first-order chi connectivity index (χ1) is 13.2. The molecule has 4 aromatic rings. The molecule has 4 rings (SSSR count). The zero-order chi connectivity index (χ0) is 18.8. The molecule has 6 nitrogen and oxygen atoms in total. The third-order valence-corrected chi connectivity index (χ3v) is 4.31. The van der Waals surface area contributed by atoms with Crippen molar-refractivity contribution in [3.63, 3.8) is 0 Å². The van der Waals surface area contributed by atoms with Crippen molar-refractivity contribution in [1.29, 1.82) is 0 Å². The molecule has 0 saturated heterocycles. The summed E-state index contributed by atoms with van der Waals surface area (Å²) >= 11 is 0. The van der Waals surface area contributed by atoms with Crippen LogP contribution < -0.4 is 0 Å². The molecule has 0 bridgehead atoms. The van der Waals surface area contributed by atoms with Crippen LogP contribution in [0, 0.1) is 6.92 Å². The summed E-state index contributed by atoms with van der Waals surface area (Å²) in [5, 5.41) is 4.21. The van der Waals surface area contributed by atoms with Crippen LogP contribution in [-0.4, -0.2) is 27.8 Å². The number of methoxy groups -OCH3 is 1. The number of imidazole rings is 1. The van der Waals surface area contributed by atoms with Gasteiger partial charge in [0.05, 0.1) is 30.3 Å². The van der Waals surface area contributed by atoms with Gasteiger partial charge in [-0.2, -0.15) is 0 Å². The van der Waals surface area contributed by atoms with E-state index >= 15 is 0 Å². The lowest BCUT2D eigenvalue weighted by Gasteiger charge is -2.04. The lowest BCUT2D eigenvalue weighted by molar-refractivity contribution is 0.0600. The molecule has 0 aliphatic heterocycles. The Morgan fingerprint density at radius 3 is 2.70 bits per heavy atom. The quantitative estimate of drug-likeness (QED) is 0.508. The van der Waals surface area contributed by atoms with Crippen molar-refractivity contribution < 1.29 is 14.1 Å². The zero-order valence-electron chi connectivity index (χ0n) is 14.9. The number of hydrogen-bond acceptors (Lipinski definition) is 5. The SMILES string of the molecule is COC(=O)c1cccc(-n2cnc(-c3c(-c4ccccc4)noc3C)c2)c1. The Bertz CT molecular complexity index is 1100. The average Bonchev–Trinajstić information content (AvgIpc) is 3.34. The number of aryl methyl sites for hydroxylation is 1.